The standard InChI is InChI=1S/C14H22N4O2/c1-9(8-18-11(3)6-10(2)17-18)7-15-14(20)12-4-5-13(19)16-12/h6,9,12H,4-5,7-8H2,1-3H3,(H,15,20)(H,16,19)/t9-,12+/m1/s1. The first-order valence-corrected chi connectivity index (χ1v) is 7.04. The molecule has 1 aromatic rings. The van der Waals surface area contributed by atoms with Gasteiger partial charge in [-0.3, -0.25) is 14.3 Å². The molecule has 20 heavy (non-hydrogen) atoms. The van der Waals surface area contributed by atoms with Gasteiger partial charge in [0.2, 0.25) is 11.8 Å². The highest BCUT2D eigenvalue weighted by Crippen LogP contribution is 2.08. The van der Waals surface area contributed by atoms with E-state index >= 15 is 0 Å². The number of aromatic nitrogens is 2. The molecular formula is C14H22N4O2. The predicted octanol–water partition coefficient (Wildman–Crippen LogP) is 0.531. The van der Waals surface area contributed by atoms with Crippen LogP contribution in [0.15, 0.2) is 6.07 Å². The topological polar surface area (TPSA) is 76.0 Å². The molecule has 0 aliphatic carbocycles. The average molecular weight is 278 g/mol. The quantitative estimate of drug-likeness (QED) is 0.825. The van der Waals surface area contributed by atoms with Gasteiger partial charge in [-0.15, -0.1) is 0 Å². The number of carbonyl (C=O) groups is 2. The Hall–Kier alpha value is -1.85. The first-order valence-electron chi connectivity index (χ1n) is 7.04. The molecule has 1 aliphatic heterocycles. The minimum absolute atomic E-state index is 0.0409. The Morgan fingerprint density at radius 1 is 1.60 bits per heavy atom. The van der Waals surface area contributed by atoms with Gasteiger partial charge in [0, 0.05) is 25.2 Å². The highest BCUT2D eigenvalue weighted by Gasteiger charge is 2.27. The van der Waals surface area contributed by atoms with Crippen molar-refractivity contribution in [3.63, 3.8) is 0 Å². The van der Waals surface area contributed by atoms with Crippen LogP contribution in [-0.2, 0) is 16.1 Å². The zero-order valence-electron chi connectivity index (χ0n) is 12.3. The minimum atomic E-state index is -0.358. The van der Waals surface area contributed by atoms with Crippen LogP contribution in [0.25, 0.3) is 0 Å². The van der Waals surface area contributed by atoms with E-state index in [-0.39, 0.29) is 23.8 Å². The second-order valence-corrected chi connectivity index (χ2v) is 5.62. The fraction of sp³-hybridized carbons (Fsp3) is 0.643. The van der Waals surface area contributed by atoms with Gasteiger partial charge in [-0.05, 0) is 32.3 Å². The van der Waals surface area contributed by atoms with Crippen LogP contribution in [0.2, 0.25) is 0 Å². The van der Waals surface area contributed by atoms with Crippen molar-refractivity contribution in [2.75, 3.05) is 6.54 Å². The molecule has 1 saturated heterocycles. The molecular weight excluding hydrogens is 256 g/mol. The summed E-state index contributed by atoms with van der Waals surface area (Å²) in [5.41, 5.74) is 2.14. The number of hydrogen-bond donors (Lipinski definition) is 2. The van der Waals surface area contributed by atoms with Gasteiger partial charge < -0.3 is 10.6 Å². The number of nitrogens with one attached hydrogen (secondary N) is 2. The normalized spacial score (nSPS) is 19.8. The van der Waals surface area contributed by atoms with Crippen LogP contribution in [0.1, 0.15) is 31.2 Å². The maximum Gasteiger partial charge on any atom is 0.242 e. The third kappa shape index (κ3) is 3.59. The summed E-state index contributed by atoms with van der Waals surface area (Å²) in [5, 5.41) is 9.98. The molecule has 1 aromatic heterocycles. The largest absolute Gasteiger partial charge is 0.354 e. The van der Waals surface area contributed by atoms with E-state index in [0.29, 0.717) is 19.4 Å². The first kappa shape index (κ1) is 14.6. The molecule has 2 amide bonds. The monoisotopic (exact) mass is 278 g/mol. The van der Waals surface area contributed by atoms with Gasteiger partial charge in [-0.2, -0.15) is 5.10 Å². The second kappa shape index (κ2) is 6.07. The molecule has 2 rings (SSSR count). The molecule has 0 spiro atoms. The fourth-order valence-corrected chi connectivity index (χ4v) is 2.43. The highest BCUT2D eigenvalue weighted by molar-refractivity contribution is 5.90. The third-order valence-electron chi connectivity index (χ3n) is 3.52. The van der Waals surface area contributed by atoms with Crippen molar-refractivity contribution in [2.45, 2.75) is 46.2 Å². The summed E-state index contributed by atoms with van der Waals surface area (Å²) in [5.74, 6) is 0.158. The van der Waals surface area contributed by atoms with Crippen LogP contribution in [0.3, 0.4) is 0 Å². The number of aryl methyl sites for hydroxylation is 2. The summed E-state index contributed by atoms with van der Waals surface area (Å²) in [7, 11) is 0. The van der Waals surface area contributed by atoms with Gasteiger partial charge in [-0.25, -0.2) is 0 Å². The Kier molecular flexibility index (Phi) is 4.42. The van der Waals surface area contributed by atoms with Gasteiger partial charge in [0.1, 0.15) is 6.04 Å². The van der Waals surface area contributed by atoms with Gasteiger partial charge in [0.05, 0.1) is 5.69 Å². The lowest BCUT2D eigenvalue weighted by Crippen LogP contribution is -2.43. The molecule has 2 N–H and O–H groups in total. The van der Waals surface area contributed by atoms with Crippen LogP contribution in [0.5, 0.6) is 0 Å². The van der Waals surface area contributed by atoms with E-state index in [4.69, 9.17) is 0 Å². The van der Waals surface area contributed by atoms with Crippen molar-refractivity contribution < 1.29 is 9.59 Å². The number of hydrogen-bond acceptors (Lipinski definition) is 3. The Morgan fingerprint density at radius 2 is 2.35 bits per heavy atom. The first-order chi connectivity index (χ1) is 9.45. The Morgan fingerprint density at radius 3 is 2.90 bits per heavy atom. The molecule has 0 bridgehead atoms. The molecule has 1 fully saturated rings. The predicted molar refractivity (Wildman–Crippen MR) is 75.0 cm³/mol. The lowest BCUT2D eigenvalue weighted by atomic mass is 10.1. The van der Waals surface area contributed by atoms with E-state index in [9.17, 15) is 9.59 Å². The lowest BCUT2D eigenvalue weighted by Gasteiger charge is -2.16. The van der Waals surface area contributed by atoms with E-state index < -0.39 is 0 Å². The van der Waals surface area contributed by atoms with Gasteiger partial charge in [0.25, 0.3) is 0 Å². The van der Waals surface area contributed by atoms with Crippen LogP contribution >= 0.6 is 0 Å². The van der Waals surface area contributed by atoms with Crippen molar-refractivity contribution in [1.29, 1.82) is 0 Å². The second-order valence-electron chi connectivity index (χ2n) is 5.62. The molecule has 2 atom stereocenters. The number of amides is 2. The maximum absolute atomic E-state index is 11.9. The van der Waals surface area contributed by atoms with Gasteiger partial charge in [0.15, 0.2) is 0 Å². The molecule has 1 aliphatic rings. The Labute approximate surface area is 118 Å². The SMILES string of the molecule is Cc1cc(C)n(C[C@H](C)CNC(=O)[C@@H]2CCC(=O)N2)n1. The summed E-state index contributed by atoms with van der Waals surface area (Å²) in [6, 6.07) is 1.68. The Balaban J connectivity index is 1.77. The molecule has 6 heteroatoms. The van der Waals surface area contributed by atoms with Crippen LogP contribution in [0, 0.1) is 19.8 Å². The van der Waals surface area contributed by atoms with Crippen LogP contribution < -0.4 is 10.6 Å². The van der Waals surface area contributed by atoms with E-state index in [2.05, 4.69) is 22.7 Å². The van der Waals surface area contributed by atoms with Gasteiger partial charge >= 0.3 is 0 Å². The van der Waals surface area contributed by atoms with E-state index in [1.165, 1.54) is 0 Å². The van der Waals surface area contributed by atoms with E-state index in [0.717, 1.165) is 17.9 Å². The number of rotatable bonds is 5. The van der Waals surface area contributed by atoms with Crippen molar-refractivity contribution >= 4 is 11.8 Å². The van der Waals surface area contributed by atoms with Gasteiger partial charge in [-0.1, -0.05) is 6.92 Å². The van der Waals surface area contributed by atoms with E-state index in [1.807, 2.05) is 24.6 Å². The zero-order valence-corrected chi connectivity index (χ0v) is 12.3. The van der Waals surface area contributed by atoms with E-state index in [1.54, 1.807) is 0 Å². The van der Waals surface area contributed by atoms with Crippen LogP contribution in [-0.4, -0.2) is 34.2 Å². The van der Waals surface area contributed by atoms with Crippen molar-refractivity contribution in [3.8, 4) is 0 Å². The molecule has 6 nitrogen and oxygen atoms in total. The van der Waals surface area contributed by atoms with Crippen LogP contribution in [0.4, 0.5) is 0 Å². The van der Waals surface area contributed by atoms with Crippen molar-refractivity contribution in [3.05, 3.63) is 17.5 Å². The summed E-state index contributed by atoms with van der Waals surface area (Å²) >= 11 is 0. The molecule has 0 unspecified atom stereocenters. The third-order valence-corrected chi connectivity index (χ3v) is 3.52. The number of carbonyl (C=O) groups excluding carboxylic acids is 2. The fourth-order valence-electron chi connectivity index (χ4n) is 2.43. The zero-order chi connectivity index (χ0) is 14.7. The van der Waals surface area contributed by atoms with Crippen molar-refractivity contribution in [2.24, 2.45) is 5.92 Å². The van der Waals surface area contributed by atoms with Crippen molar-refractivity contribution in [1.82, 2.24) is 20.4 Å². The summed E-state index contributed by atoms with van der Waals surface area (Å²) < 4.78 is 1.96. The summed E-state index contributed by atoms with van der Waals surface area (Å²) in [6.45, 7) is 7.43. The lowest BCUT2D eigenvalue weighted by molar-refractivity contribution is -0.125. The Bertz CT molecular complexity index is 509. The average Bonchev–Trinajstić information content (AvgIpc) is 2.93. The molecule has 110 valence electrons. The smallest absolute Gasteiger partial charge is 0.242 e. The molecule has 0 radical (unpaired) electrons. The summed E-state index contributed by atoms with van der Waals surface area (Å²) in [6.07, 6.45) is 1.04. The maximum atomic E-state index is 11.9. The summed E-state index contributed by atoms with van der Waals surface area (Å²) in [4.78, 5) is 22.9. The molecule has 0 saturated carbocycles. The number of nitrogens with zero attached hydrogens (tertiary/aromatic N) is 2. The minimum Gasteiger partial charge on any atom is -0.354 e. The highest BCUT2D eigenvalue weighted by atomic mass is 16.2. The molecule has 0 aromatic carbocycles. The molecule has 2 heterocycles.